The van der Waals surface area contributed by atoms with Gasteiger partial charge in [-0.1, -0.05) is 0 Å². The molecular formula is C11H14N2O2. The maximum atomic E-state index is 10.6. The van der Waals surface area contributed by atoms with Gasteiger partial charge >= 0.3 is 5.97 Å². The fraction of sp³-hybridized carbons (Fsp3) is 0.455. The van der Waals surface area contributed by atoms with Crippen LogP contribution in [0.2, 0.25) is 0 Å². The highest BCUT2D eigenvalue weighted by Crippen LogP contribution is 2.33. The van der Waals surface area contributed by atoms with Gasteiger partial charge in [-0.25, -0.2) is 9.78 Å². The van der Waals surface area contributed by atoms with Crippen LogP contribution in [0.15, 0.2) is 18.3 Å². The van der Waals surface area contributed by atoms with Crippen molar-refractivity contribution in [1.82, 2.24) is 4.98 Å². The Kier molecular flexibility index (Phi) is 2.34. The topological polar surface area (TPSA) is 62.2 Å². The van der Waals surface area contributed by atoms with Crippen molar-refractivity contribution in [2.24, 2.45) is 0 Å². The monoisotopic (exact) mass is 206 g/mol. The molecule has 1 aliphatic carbocycles. The highest BCUT2D eigenvalue weighted by molar-refractivity contribution is 5.87. The van der Waals surface area contributed by atoms with E-state index in [9.17, 15) is 4.79 Å². The third-order valence-corrected chi connectivity index (χ3v) is 2.90. The summed E-state index contributed by atoms with van der Waals surface area (Å²) in [6.45, 7) is 2.16. The van der Waals surface area contributed by atoms with E-state index in [0.29, 0.717) is 0 Å². The molecule has 4 nitrogen and oxygen atoms in total. The number of carboxylic acids is 1. The Hall–Kier alpha value is -1.58. The van der Waals surface area contributed by atoms with Gasteiger partial charge in [-0.3, -0.25) is 0 Å². The molecule has 1 aliphatic rings. The molecule has 2 rings (SSSR count). The SMILES string of the molecule is CC1(Nc2ccc(C(=O)O)cn2)CCC1. The molecule has 4 heteroatoms. The maximum Gasteiger partial charge on any atom is 0.337 e. The van der Waals surface area contributed by atoms with Crippen molar-refractivity contribution in [3.8, 4) is 0 Å². The van der Waals surface area contributed by atoms with Crippen LogP contribution in [-0.4, -0.2) is 21.6 Å². The number of rotatable bonds is 3. The number of carboxylic acid groups (broad SMARTS) is 1. The zero-order valence-electron chi connectivity index (χ0n) is 8.66. The fourth-order valence-electron chi connectivity index (χ4n) is 1.74. The number of pyridine rings is 1. The molecule has 0 spiro atoms. The Labute approximate surface area is 88.3 Å². The van der Waals surface area contributed by atoms with E-state index in [4.69, 9.17) is 5.11 Å². The predicted molar refractivity (Wildman–Crippen MR) is 57.1 cm³/mol. The normalized spacial score (nSPS) is 17.9. The van der Waals surface area contributed by atoms with E-state index in [1.54, 1.807) is 12.1 Å². The molecule has 0 atom stereocenters. The van der Waals surface area contributed by atoms with Crippen LogP contribution >= 0.6 is 0 Å². The van der Waals surface area contributed by atoms with E-state index in [1.165, 1.54) is 12.6 Å². The van der Waals surface area contributed by atoms with Crippen molar-refractivity contribution < 1.29 is 9.90 Å². The largest absolute Gasteiger partial charge is 0.478 e. The third-order valence-electron chi connectivity index (χ3n) is 2.90. The van der Waals surface area contributed by atoms with Gasteiger partial charge in [-0.15, -0.1) is 0 Å². The van der Waals surface area contributed by atoms with Gasteiger partial charge in [0.05, 0.1) is 5.56 Å². The number of hydrogen-bond donors (Lipinski definition) is 2. The number of nitrogens with zero attached hydrogens (tertiary/aromatic N) is 1. The summed E-state index contributed by atoms with van der Waals surface area (Å²) in [6.07, 6.45) is 4.92. The van der Waals surface area contributed by atoms with Crippen molar-refractivity contribution in [1.29, 1.82) is 0 Å². The molecule has 1 heterocycles. The number of hydrogen-bond acceptors (Lipinski definition) is 3. The fourth-order valence-corrected chi connectivity index (χ4v) is 1.74. The number of carbonyl (C=O) groups is 1. The minimum Gasteiger partial charge on any atom is -0.478 e. The lowest BCUT2D eigenvalue weighted by Crippen LogP contribution is -2.41. The van der Waals surface area contributed by atoms with E-state index in [-0.39, 0.29) is 11.1 Å². The first-order valence-corrected chi connectivity index (χ1v) is 5.07. The van der Waals surface area contributed by atoms with Crippen LogP contribution in [0.3, 0.4) is 0 Å². The quantitative estimate of drug-likeness (QED) is 0.795. The lowest BCUT2D eigenvalue weighted by molar-refractivity contribution is 0.0696. The highest BCUT2D eigenvalue weighted by atomic mass is 16.4. The average molecular weight is 206 g/mol. The molecule has 1 aromatic heterocycles. The molecule has 0 radical (unpaired) electrons. The van der Waals surface area contributed by atoms with E-state index in [0.717, 1.165) is 18.7 Å². The summed E-state index contributed by atoms with van der Waals surface area (Å²) in [7, 11) is 0. The molecule has 0 aromatic carbocycles. The van der Waals surface area contributed by atoms with Gasteiger partial charge in [-0.05, 0) is 38.3 Å². The van der Waals surface area contributed by atoms with Crippen molar-refractivity contribution in [3.05, 3.63) is 23.9 Å². The Balaban J connectivity index is 2.07. The van der Waals surface area contributed by atoms with Gasteiger partial charge in [0.15, 0.2) is 0 Å². The van der Waals surface area contributed by atoms with Crippen molar-refractivity contribution in [2.45, 2.75) is 31.7 Å². The van der Waals surface area contributed by atoms with Crippen LogP contribution in [0.4, 0.5) is 5.82 Å². The van der Waals surface area contributed by atoms with Gasteiger partial charge in [0.25, 0.3) is 0 Å². The molecule has 0 aliphatic heterocycles. The minimum atomic E-state index is -0.941. The molecule has 0 amide bonds. The molecule has 0 saturated heterocycles. The Morgan fingerprint density at radius 2 is 2.27 bits per heavy atom. The van der Waals surface area contributed by atoms with Crippen LogP contribution < -0.4 is 5.32 Å². The van der Waals surface area contributed by atoms with Crippen LogP contribution in [0.25, 0.3) is 0 Å². The Bertz CT molecular complexity index is 369. The second kappa shape index (κ2) is 3.53. The predicted octanol–water partition coefficient (Wildman–Crippen LogP) is 2.13. The smallest absolute Gasteiger partial charge is 0.337 e. The molecule has 0 bridgehead atoms. The number of aromatic nitrogens is 1. The van der Waals surface area contributed by atoms with Crippen LogP contribution in [0, 0.1) is 0 Å². The standard InChI is InChI=1S/C11H14N2O2/c1-11(5-2-6-11)13-9-4-3-8(7-12-9)10(14)15/h3-4,7H,2,5-6H2,1H3,(H,12,13)(H,14,15). The first-order valence-electron chi connectivity index (χ1n) is 5.07. The summed E-state index contributed by atoms with van der Waals surface area (Å²) in [6, 6.07) is 3.28. The zero-order chi connectivity index (χ0) is 10.9. The summed E-state index contributed by atoms with van der Waals surface area (Å²) in [4.78, 5) is 14.7. The maximum absolute atomic E-state index is 10.6. The number of anilines is 1. The molecule has 15 heavy (non-hydrogen) atoms. The second-order valence-electron chi connectivity index (χ2n) is 4.28. The molecular weight excluding hydrogens is 192 g/mol. The van der Waals surface area contributed by atoms with Crippen LogP contribution in [-0.2, 0) is 0 Å². The number of aromatic carboxylic acids is 1. The molecule has 1 aromatic rings. The molecule has 1 saturated carbocycles. The van der Waals surface area contributed by atoms with E-state index in [2.05, 4.69) is 17.2 Å². The third kappa shape index (κ3) is 2.09. The molecule has 1 fully saturated rings. The summed E-state index contributed by atoms with van der Waals surface area (Å²) >= 11 is 0. The molecule has 2 N–H and O–H groups in total. The summed E-state index contributed by atoms with van der Waals surface area (Å²) in [5.74, 6) is -0.189. The average Bonchev–Trinajstić information content (AvgIpc) is 2.16. The van der Waals surface area contributed by atoms with Crippen LogP contribution in [0.1, 0.15) is 36.5 Å². The summed E-state index contributed by atoms with van der Waals surface area (Å²) in [5, 5.41) is 12.0. The van der Waals surface area contributed by atoms with Gasteiger partial charge < -0.3 is 10.4 Å². The van der Waals surface area contributed by atoms with E-state index in [1.807, 2.05) is 0 Å². The Morgan fingerprint density at radius 3 is 2.67 bits per heavy atom. The van der Waals surface area contributed by atoms with E-state index >= 15 is 0 Å². The lowest BCUT2D eigenvalue weighted by Gasteiger charge is -2.39. The molecule has 80 valence electrons. The van der Waals surface area contributed by atoms with E-state index < -0.39 is 5.97 Å². The zero-order valence-corrected chi connectivity index (χ0v) is 8.66. The van der Waals surface area contributed by atoms with Gasteiger partial charge in [0, 0.05) is 11.7 Å². The van der Waals surface area contributed by atoms with Crippen LogP contribution in [0.5, 0.6) is 0 Å². The second-order valence-corrected chi connectivity index (χ2v) is 4.28. The van der Waals surface area contributed by atoms with Gasteiger partial charge in [0.1, 0.15) is 5.82 Å². The number of nitrogens with one attached hydrogen (secondary N) is 1. The van der Waals surface area contributed by atoms with Crippen molar-refractivity contribution >= 4 is 11.8 Å². The Morgan fingerprint density at radius 1 is 1.53 bits per heavy atom. The first kappa shape index (κ1) is 9.96. The van der Waals surface area contributed by atoms with Gasteiger partial charge in [-0.2, -0.15) is 0 Å². The van der Waals surface area contributed by atoms with Crippen molar-refractivity contribution in [3.63, 3.8) is 0 Å². The van der Waals surface area contributed by atoms with Gasteiger partial charge in [0.2, 0.25) is 0 Å². The lowest BCUT2D eigenvalue weighted by atomic mass is 9.78. The molecule has 0 unspecified atom stereocenters. The summed E-state index contributed by atoms with van der Waals surface area (Å²) < 4.78 is 0. The first-order chi connectivity index (χ1) is 7.09. The highest BCUT2D eigenvalue weighted by Gasteiger charge is 2.31. The summed E-state index contributed by atoms with van der Waals surface area (Å²) in [5.41, 5.74) is 0.372. The van der Waals surface area contributed by atoms with Crippen molar-refractivity contribution in [2.75, 3.05) is 5.32 Å². The minimum absolute atomic E-state index is 0.151.